The first-order valence-electron chi connectivity index (χ1n) is 8.73. The van der Waals surface area contributed by atoms with E-state index in [1.807, 2.05) is 35.7 Å². The lowest BCUT2D eigenvalue weighted by Crippen LogP contribution is -2.20. The van der Waals surface area contributed by atoms with Crippen molar-refractivity contribution in [3.05, 3.63) is 59.5 Å². The average Bonchev–Trinajstić information content (AvgIpc) is 3.26. The molecule has 7 heteroatoms. The van der Waals surface area contributed by atoms with Gasteiger partial charge in [0.2, 0.25) is 6.41 Å². The lowest BCUT2D eigenvalue weighted by Gasteiger charge is -2.11. The highest BCUT2D eigenvalue weighted by molar-refractivity contribution is 7.99. The van der Waals surface area contributed by atoms with Gasteiger partial charge < -0.3 is 8.82 Å². The van der Waals surface area contributed by atoms with Crippen LogP contribution in [0.5, 0.6) is 0 Å². The third kappa shape index (κ3) is 3.19. The Morgan fingerprint density at radius 3 is 2.89 bits per heavy atom. The van der Waals surface area contributed by atoms with E-state index in [4.69, 9.17) is 9.40 Å². The maximum Gasteiger partial charge on any atom is 0.305 e. The van der Waals surface area contributed by atoms with E-state index in [1.54, 1.807) is 11.8 Å². The van der Waals surface area contributed by atoms with E-state index >= 15 is 0 Å². The fraction of sp³-hybridized carbons (Fsp3) is 0.250. The van der Waals surface area contributed by atoms with Gasteiger partial charge in [0.25, 0.3) is 0 Å². The second-order valence-electron chi connectivity index (χ2n) is 6.37. The van der Waals surface area contributed by atoms with Crippen LogP contribution in [-0.4, -0.2) is 33.6 Å². The Bertz CT molecular complexity index is 1120. The van der Waals surface area contributed by atoms with Crippen LogP contribution >= 0.6 is 11.8 Å². The van der Waals surface area contributed by atoms with Gasteiger partial charge in [-0.1, -0.05) is 6.07 Å². The predicted molar refractivity (Wildman–Crippen MR) is 108 cm³/mol. The lowest BCUT2D eigenvalue weighted by atomic mass is 10.1. The fourth-order valence-corrected chi connectivity index (χ4v) is 3.90. The molecule has 4 aromatic rings. The number of hydrogen-bond donors (Lipinski definition) is 0. The summed E-state index contributed by atoms with van der Waals surface area (Å²) in [5.74, 6) is 0. The second kappa shape index (κ2) is 7.08. The van der Waals surface area contributed by atoms with Gasteiger partial charge in [0.1, 0.15) is 11.2 Å². The molecule has 1 aromatic carbocycles. The van der Waals surface area contributed by atoms with E-state index in [1.165, 1.54) is 10.5 Å². The molecule has 0 fully saturated rings. The molecule has 6 nitrogen and oxygen atoms in total. The molecule has 0 aliphatic heterocycles. The summed E-state index contributed by atoms with van der Waals surface area (Å²) >= 11 is 1.73. The monoisotopic (exact) mass is 380 g/mol. The maximum absolute atomic E-state index is 11.1. The number of thioether (sulfide) groups is 1. The normalized spacial score (nSPS) is 12.6. The molecule has 1 atom stereocenters. The highest BCUT2D eigenvalue weighted by atomic mass is 32.2. The zero-order valence-electron chi connectivity index (χ0n) is 15.4. The van der Waals surface area contributed by atoms with E-state index in [9.17, 15) is 4.79 Å². The van der Waals surface area contributed by atoms with Crippen molar-refractivity contribution in [3.8, 4) is 0 Å². The minimum atomic E-state index is 0.0862. The van der Waals surface area contributed by atoms with Gasteiger partial charge in [-0.3, -0.25) is 9.69 Å². The number of pyridine rings is 1. The number of oxazole rings is 1. The summed E-state index contributed by atoms with van der Waals surface area (Å²) in [7, 11) is 0. The number of amides is 1. The molecule has 0 saturated heterocycles. The molecule has 3 aromatic heterocycles. The van der Waals surface area contributed by atoms with Crippen LogP contribution in [0, 0.1) is 6.92 Å². The van der Waals surface area contributed by atoms with Crippen LogP contribution in [0.25, 0.3) is 16.7 Å². The van der Waals surface area contributed by atoms with Gasteiger partial charge in [-0.25, -0.2) is 4.98 Å². The number of aryl methyl sites for hydroxylation is 1. The molecule has 0 spiro atoms. The lowest BCUT2D eigenvalue weighted by molar-refractivity contribution is -0.107. The van der Waals surface area contributed by atoms with Crippen LogP contribution in [0.3, 0.4) is 0 Å². The molecule has 0 aliphatic rings. The highest BCUT2D eigenvalue weighted by Crippen LogP contribution is 2.35. The van der Waals surface area contributed by atoms with Crippen molar-refractivity contribution < 1.29 is 9.21 Å². The van der Waals surface area contributed by atoms with Gasteiger partial charge in [-0.15, -0.1) is 0 Å². The van der Waals surface area contributed by atoms with E-state index in [-0.39, 0.29) is 5.25 Å². The number of carbonyl (C=O) groups is 1. The average molecular weight is 380 g/mol. The van der Waals surface area contributed by atoms with Crippen LogP contribution in [-0.2, 0) is 4.79 Å². The number of nitrogens with zero attached hydrogens (tertiary/aromatic N) is 4. The van der Waals surface area contributed by atoms with E-state index in [2.05, 4.69) is 36.5 Å². The van der Waals surface area contributed by atoms with Crippen LogP contribution < -0.4 is 4.90 Å². The van der Waals surface area contributed by atoms with Crippen molar-refractivity contribution in [2.45, 2.75) is 19.1 Å². The molecule has 1 amide bonds. The summed E-state index contributed by atoms with van der Waals surface area (Å²) in [4.78, 5) is 21.9. The molecule has 4 rings (SSSR count). The van der Waals surface area contributed by atoms with E-state index in [0.29, 0.717) is 18.1 Å². The summed E-state index contributed by atoms with van der Waals surface area (Å²) in [5, 5.41) is 0.0862. The smallest absolute Gasteiger partial charge is 0.305 e. The summed E-state index contributed by atoms with van der Waals surface area (Å²) < 4.78 is 7.75. The van der Waals surface area contributed by atoms with Gasteiger partial charge >= 0.3 is 6.01 Å². The van der Waals surface area contributed by atoms with Gasteiger partial charge in [0.15, 0.2) is 5.58 Å². The molecule has 0 N–H and O–H groups in total. The largest absolute Gasteiger partial charge is 0.423 e. The van der Waals surface area contributed by atoms with E-state index in [0.717, 1.165) is 28.8 Å². The van der Waals surface area contributed by atoms with Crippen molar-refractivity contribution in [2.75, 3.05) is 17.7 Å². The molecule has 0 radical (unpaired) electrons. The Kier molecular flexibility index (Phi) is 4.61. The Hall–Kier alpha value is -2.80. The molecule has 138 valence electrons. The molecule has 1 unspecified atom stereocenters. The molecule has 0 aliphatic carbocycles. The topological polar surface area (TPSA) is 63.6 Å². The fourth-order valence-electron chi connectivity index (χ4n) is 3.13. The molecular formula is C20H20N4O2S. The number of imidazole rings is 1. The standard InChI is InChI=1S/C20H20N4O2S/c1-4-23(12-25)20-22-15-10-14(5-6-17(15)26-20)19(27-3)16-11-24-8-7-13(2)9-18(24)21-16/h5-12,19H,4H2,1-3H3. The first kappa shape index (κ1) is 17.6. The maximum atomic E-state index is 11.1. The Labute approximate surface area is 161 Å². The number of aromatic nitrogens is 3. The second-order valence-corrected chi connectivity index (χ2v) is 7.31. The molecule has 3 heterocycles. The number of hydrogen-bond acceptors (Lipinski definition) is 5. The van der Waals surface area contributed by atoms with Gasteiger partial charge in [-0.05, 0) is 55.5 Å². The predicted octanol–water partition coefficient (Wildman–Crippen LogP) is 4.22. The quantitative estimate of drug-likeness (QED) is 0.469. The summed E-state index contributed by atoms with van der Waals surface area (Å²) in [6.45, 7) is 4.45. The van der Waals surface area contributed by atoms with Gasteiger partial charge in [0.05, 0.1) is 10.9 Å². The van der Waals surface area contributed by atoms with Gasteiger partial charge in [0, 0.05) is 18.9 Å². The third-order valence-electron chi connectivity index (χ3n) is 4.56. The third-order valence-corrected chi connectivity index (χ3v) is 5.54. The van der Waals surface area contributed by atoms with Crippen LogP contribution in [0.15, 0.2) is 47.1 Å². The van der Waals surface area contributed by atoms with Crippen molar-refractivity contribution >= 4 is 40.9 Å². The van der Waals surface area contributed by atoms with Crippen LogP contribution in [0.1, 0.15) is 29.0 Å². The minimum Gasteiger partial charge on any atom is -0.423 e. The minimum absolute atomic E-state index is 0.0862. The first-order chi connectivity index (χ1) is 13.1. The number of benzene rings is 1. The number of fused-ring (bicyclic) bond motifs is 2. The summed E-state index contributed by atoms with van der Waals surface area (Å²) in [6.07, 6.45) is 6.91. The number of anilines is 1. The van der Waals surface area contributed by atoms with Crippen molar-refractivity contribution in [3.63, 3.8) is 0 Å². The zero-order chi connectivity index (χ0) is 19.0. The van der Waals surface area contributed by atoms with Crippen LogP contribution in [0.4, 0.5) is 6.01 Å². The van der Waals surface area contributed by atoms with Crippen molar-refractivity contribution in [1.29, 1.82) is 0 Å². The Morgan fingerprint density at radius 2 is 2.15 bits per heavy atom. The van der Waals surface area contributed by atoms with Crippen molar-refractivity contribution in [2.24, 2.45) is 0 Å². The Morgan fingerprint density at radius 1 is 1.30 bits per heavy atom. The molecule has 27 heavy (non-hydrogen) atoms. The SMILES string of the molecule is CCN(C=O)c1nc2cc(C(SC)c3cn4ccc(C)cc4n3)ccc2o1. The van der Waals surface area contributed by atoms with Crippen LogP contribution in [0.2, 0.25) is 0 Å². The van der Waals surface area contributed by atoms with Gasteiger partial charge in [-0.2, -0.15) is 16.7 Å². The molecule has 0 saturated carbocycles. The highest BCUT2D eigenvalue weighted by Gasteiger charge is 2.19. The molecule has 0 bridgehead atoms. The van der Waals surface area contributed by atoms with E-state index < -0.39 is 0 Å². The molecular weight excluding hydrogens is 360 g/mol. The number of carbonyl (C=O) groups excluding carboxylic acids is 1. The first-order valence-corrected chi connectivity index (χ1v) is 10.0. The number of rotatable bonds is 6. The zero-order valence-corrected chi connectivity index (χ0v) is 16.2. The van der Waals surface area contributed by atoms with Crippen molar-refractivity contribution in [1.82, 2.24) is 14.4 Å². The summed E-state index contributed by atoms with van der Waals surface area (Å²) in [5.41, 5.74) is 5.63. The Balaban J connectivity index is 1.74. The summed E-state index contributed by atoms with van der Waals surface area (Å²) in [6, 6.07) is 10.4.